The van der Waals surface area contributed by atoms with Gasteiger partial charge in [0.15, 0.2) is 0 Å². The van der Waals surface area contributed by atoms with Gasteiger partial charge >= 0.3 is 7.12 Å². The second kappa shape index (κ2) is 3.77. The number of nitrogens with zero attached hydrogens (tertiary/aromatic N) is 1. The number of aromatic nitrogens is 1. The van der Waals surface area contributed by atoms with Gasteiger partial charge in [-0.1, -0.05) is 0 Å². The average molecular weight is 192 g/mol. The zero-order valence-corrected chi connectivity index (χ0v) is 7.47. The Labute approximate surface area is 81.4 Å². The standard InChI is InChI=1S/C8H9BN2O3/c10-8(12)6-2-1-3-11-7(6)9-13-4-5-14-9/h1-3H,4-5H2,(H2,10,12). The van der Waals surface area contributed by atoms with Gasteiger partial charge in [0.1, 0.15) is 0 Å². The second-order valence-electron chi connectivity index (χ2n) is 2.87. The molecular weight excluding hydrogens is 183 g/mol. The highest BCUT2D eigenvalue weighted by atomic mass is 16.6. The molecule has 0 unspecified atom stereocenters. The van der Waals surface area contributed by atoms with Gasteiger partial charge in [0.2, 0.25) is 5.91 Å². The van der Waals surface area contributed by atoms with Crippen molar-refractivity contribution in [3.63, 3.8) is 0 Å². The van der Waals surface area contributed by atoms with Crippen LogP contribution in [0.3, 0.4) is 0 Å². The van der Waals surface area contributed by atoms with E-state index in [0.29, 0.717) is 24.4 Å². The summed E-state index contributed by atoms with van der Waals surface area (Å²) in [6, 6.07) is 3.26. The normalized spacial score (nSPS) is 15.9. The van der Waals surface area contributed by atoms with E-state index in [-0.39, 0.29) is 0 Å². The topological polar surface area (TPSA) is 74.4 Å². The van der Waals surface area contributed by atoms with Crippen molar-refractivity contribution in [1.29, 1.82) is 0 Å². The molecule has 1 amide bonds. The number of hydrogen-bond donors (Lipinski definition) is 1. The maximum absolute atomic E-state index is 11.0. The fraction of sp³-hybridized carbons (Fsp3) is 0.250. The van der Waals surface area contributed by atoms with Crippen molar-refractivity contribution in [2.75, 3.05) is 13.2 Å². The quantitative estimate of drug-likeness (QED) is 0.605. The highest BCUT2D eigenvalue weighted by Gasteiger charge is 2.31. The molecule has 6 heteroatoms. The fourth-order valence-corrected chi connectivity index (χ4v) is 1.33. The van der Waals surface area contributed by atoms with Crippen molar-refractivity contribution >= 4 is 18.6 Å². The van der Waals surface area contributed by atoms with Crippen LogP contribution in [0.15, 0.2) is 18.3 Å². The molecule has 0 bridgehead atoms. The lowest BCUT2D eigenvalue weighted by atomic mass is 9.81. The number of hydrogen-bond acceptors (Lipinski definition) is 4. The summed E-state index contributed by atoms with van der Waals surface area (Å²) in [6.07, 6.45) is 1.58. The summed E-state index contributed by atoms with van der Waals surface area (Å²) in [4.78, 5) is 15.1. The predicted molar refractivity (Wildman–Crippen MR) is 50.0 cm³/mol. The largest absolute Gasteiger partial charge is 0.514 e. The van der Waals surface area contributed by atoms with Crippen LogP contribution in [-0.4, -0.2) is 31.2 Å². The molecule has 1 aromatic heterocycles. The Balaban J connectivity index is 2.35. The van der Waals surface area contributed by atoms with Crippen LogP contribution in [0.4, 0.5) is 0 Å². The van der Waals surface area contributed by atoms with Crippen molar-refractivity contribution in [2.24, 2.45) is 5.73 Å². The molecule has 0 aromatic carbocycles. The lowest BCUT2D eigenvalue weighted by Gasteiger charge is -2.06. The Hall–Kier alpha value is -1.40. The van der Waals surface area contributed by atoms with Gasteiger partial charge in [-0.2, -0.15) is 0 Å². The molecule has 2 heterocycles. The Bertz CT molecular complexity index is 352. The van der Waals surface area contributed by atoms with Gasteiger partial charge in [-0.15, -0.1) is 0 Å². The maximum atomic E-state index is 11.0. The van der Waals surface area contributed by atoms with Crippen LogP contribution in [0.2, 0.25) is 0 Å². The monoisotopic (exact) mass is 192 g/mol. The smallest absolute Gasteiger partial charge is 0.404 e. The number of amides is 1. The molecule has 2 rings (SSSR count). The van der Waals surface area contributed by atoms with E-state index >= 15 is 0 Å². The van der Waals surface area contributed by atoms with Crippen LogP contribution < -0.4 is 11.3 Å². The Morgan fingerprint density at radius 2 is 2.21 bits per heavy atom. The van der Waals surface area contributed by atoms with Crippen molar-refractivity contribution in [3.8, 4) is 0 Å². The summed E-state index contributed by atoms with van der Waals surface area (Å²) in [6.45, 7) is 1.03. The summed E-state index contributed by atoms with van der Waals surface area (Å²) in [7, 11) is -0.557. The lowest BCUT2D eigenvalue weighted by Crippen LogP contribution is -2.39. The van der Waals surface area contributed by atoms with Crippen molar-refractivity contribution < 1.29 is 14.1 Å². The highest BCUT2D eigenvalue weighted by Crippen LogP contribution is 2.02. The first-order valence-corrected chi connectivity index (χ1v) is 4.27. The third-order valence-electron chi connectivity index (χ3n) is 1.95. The van der Waals surface area contributed by atoms with Crippen LogP contribution in [0.1, 0.15) is 10.4 Å². The zero-order chi connectivity index (χ0) is 9.97. The molecule has 72 valence electrons. The molecule has 0 radical (unpaired) electrons. The number of nitrogens with two attached hydrogens (primary N) is 1. The van der Waals surface area contributed by atoms with Crippen molar-refractivity contribution in [3.05, 3.63) is 23.9 Å². The van der Waals surface area contributed by atoms with E-state index in [1.54, 1.807) is 18.3 Å². The third-order valence-corrected chi connectivity index (χ3v) is 1.95. The van der Waals surface area contributed by atoms with E-state index in [1.807, 2.05) is 0 Å². The van der Waals surface area contributed by atoms with Crippen LogP contribution >= 0.6 is 0 Å². The molecule has 0 spiro atoms. The summed E-state index contributed by atoms with van der Waals surface area (Å²) in [5.74, 6) is -0.521. The predicted octanol–water partition coefficient (Wildman–Crippen LogP) is -1.08. The molecule has 1 aromatic rings. The first-order valence-electron chi connectivity index (χ1n) is 4.27. The molecule has 2 N–H and O–H groups in total. The molecule has 1 aliphatic heterocycles. The summed E-state index contributed by atoms with van der Waals surface area (Å²) >= 11 is 0. The average Bonchev–Trinajstić information content (AvgIpc) is 2.70. The molecule has 1 saturated heterocycles. The number of rotatable bonds is 2. The Morgan fingerprint density at radius 3 is 2.86 bits per heavy atom. The fourth-order valence-electron chi connectivity index (χ4n) is 1.33. The maximum Gasteiger partial charge on any atom is 0.514 e. The summed E-state index contributed by atoms with van der Waals surface area (Å²) < 4.78 is 10.5. The molecular formula is C8H9BN2O3. The van der Waals surface area contributed by atoms with Gasteiger partial charge < -0.3 is 15.0 Å². The van der Waals surface area contributed by atoms with Crippen LogP contribution in [0.5, 0.6) is 0 Å². The van der Waals surface area contributed by atoms with E-state index in [9.17, 15) is 4.79 Å². The van der Waals surface area contributed by atoms with Crippen LogP contribution in [-0.2, 0) is 9.31 Å². The van der Waals surface area contributed by atoms with Gasteiger partial charge in [0, 0.05) is 6.20 Å². The molecule has 5 nitrogen and oxygen atoms in total. The second-order valence-corrected chi connectivity index (χ2v) is 2.87. The molecule has 0 aliphatic carbocycles. The third kappa shape index (κ3) is 1.62. The highest BCUT2D eigenvalue weighted by molar-refractivity contribution is 6.62. The van der Waals surface area contributed by atoms with E-state index < -0.39 is 13.0 Å². The van der Waals surface area contributed by atoms with Crippen LogP contribution in [0, 0.1) is 0 Å². The Kier molecular flexibility index (Phi) is 2.47. The van der Waals surface area contributed by atoms with E-state index in [1.165, 1.54) is 0 Å². The summed E-state index contributed by atoms with van der Waals surface area (Å²) in [5.41, 5.74) is 5.99. The minimum absolute atomic E-state index is 0.347. The molecule has 14 heavy (non-hydrogen) atoms. The van der Waals surface area contributed by atoms with Gasteiger partial charge in [-0.25, -0.2) is 0 Å². The van der Waals surface area contributed by atoms with Crippen LogP contribution in [0.25, 0.3) is 0 Å². The van der Waals surface area contributed by atoms with Gasteiger partial charge in [0.05, 0.1) is 24.4 Å². The number of carbonyl (C=O) groups excluding carboxylic acids is 1. The van der Waals surface area contributed by atoms with Crippen molar-refractivity contribution in [2.45, 2.75) is 0 Å². The van der Waals surface area contributed by atoms with E-state index in [0.717, 1.165) is 0 Å². The SMILES string of the molecule is NC(=O)c1cccnc1B1OCCO1. The molecule has 0 saturated carbocycles. The number of pyridine rings is 1. The minimum atomic E-state index is -0.557. The van der Waals surface area contributed by atoms with Crippen molar-refractivity contribution in [1.82, 2.24) is 4.98 Å². The lowest BCUT2D eigenvalue weighted by molar-refractivity contribution is 0.100. The molecule has 1 fully saturated rings. The minimum Gasteiger partial charge on any atom is -0.404 e. The summed E-state index contributed by atoms with van der Waals surface area (Å²) in [5, 5.41) is 0. The number of primary amides is 1. The first kappa shape index (κ1) is 9.17. The van der Waals surface area contributed by atoms with E-state index in [4.69, 9.17) is 15.0 Å². The first-order chi connectivity index (χ1) is 6.79. The number of carbonyl (C=O) groups is 1. The Morgan fingerprint density at radius 1 is 1.50 bits per heavy atom. The van der Waals surface area contributed by atoms with Gasteiger partial charge in [-0.3, -0.25) is 9.78 Å². The van der Waals surface area contributed by atoms with Gasteiger partial charge in [-0.05, 0) is 12.1 Å². The van der Waals surface area contributed by atoms with E-state index in [2.05, 4.69) is 4.98 Å². The molecule has 1 aliphatic rings. The van der Waals surface area contributed by atoms with Gasteiger partial charge in [0.25, 0.3) is 0 Å². The zero-order valence-electron chi connectivity index (χ0n) is 7.47. The molecule has 0 atom stereocenters.